The van der Waals surface area contributed by atoms with Gasteiger partial charge in [0.1, 0.15) is 6.54 Å². The molecule has 0 radical (unpaired) electrons. The molecule has 0 aliphatic heterocycles. The Morgan fingerprint density at radius 3 is 2.30 bits per heavy atom. The molecule has 0 spiro atoms. The molecule has 0 atom stereocenters. The van der Waals surface area contributed by atoms with Gasteiger partial charge in [-0.2, -0.15) is 10.2 Å². The van der Waals surface area contributed by atoms with E-state index >= 15 is 0 Å². The summed E-state index contributed by atoms with van der Waals surface area (Å²) in [4.78, 5) is 12.6. The number of aromatic nitrogens is 4. The molecular formula is C23H22BrN5O. The van der Waals surface area contributed by atoms with E-state index < -0.39 is 0 Å². The summed E-state index contributed by atoms with van der Waals surface area (Å²) < 4.78 is 4.49. The van der Waals surface area contributed by atoms with Gasteiger partial charge in [0.2, 0.25) is 5.91 Å². The zero-order chi connectivity index (χ0) is 21.1. The number of halogens is 1. The van der Waals surface area contributed by atoms with E-state index in [2.05, 4.69) is 26.3 Å². The molecule has 0 fully saturated rings. The molecule has 4 aromatic rings. The Kier molecular flexibility index (Phi) is 5.81. The highest BCUT2D eigenvalue weighted by Gasteiger charge is 2.15. The lowest BCUT2D eigenvalue weighted by molar-refractivity contribution is -0.122. The minimum atomic E-state index is -0.0976. The minimum absolute atomic E-state index is 0.0976. The highest BCUT2D eigenvalue weighted by molar-refractivity contribution is 9.10. The molecule has 0 unspecified atom stereocenters. The van der Waals surface area contributed by atoms with Crippen LogP contribution in [0.4, 0.5) is 0 Å². The molecule has 1 N–H and O–H groups in total. The number of carbonyl (C=O) groups is 1. The number of hydrogen-bond acceptors (Lipinski definition) is 3. The van der Waals surface area contributed by atoms with Crippen molar-refractivity contribution in [2.24, 2.45) is 0 Å². The molecule has 152 valence electrons. The summed E-state index contributed by atoms with van der Waals surface area (Å²) >= 11 is 3.50. The number of aryl methyl sites for hydroxylation is 1. The summed E-state index contributed by atoms with van der Waals surface area (Å²) in [5, 5.41) is 12.2. The van der Waals surface area contributed by atoms with E-state index in [1.165, 1.54) is 0 Å². The van der Waals surface area contributed by atoms with Crippen molar-refractivity contribution in [3.05, 3.63) is 88.3 Å². The fourth-order valence-corrected chi connectivity index (χ4v) is 3.59. The summed E-state index contributed by atoms with van der Waals surface area (Å²) in [6.07, 6.45) is 1.97. The lowest BCUT2D eigenvalue weighted by Gasteiger charge is -2.07. The van der Waals surface area contributed by atoms with E-state index in [4.69, 9.17) is 5.10 Å². The Labute approximate surface area is 183 Å². The van der Waals surface area contributed by atoms with Crippen LogP contribution in [0, 0.1) is 13.8 Å². The molecule has 7 heteroatoms. The van der Waals surface area contributed by atoms with Crippen LogP contribution in [0.3, 0.4) is 0 Å². The van der Waals surface area contributed by atoms with E-state index in [1.807, 2.05) is 85.4 Å². The normalized spacial score (nSPS) is 10.9. The second-order valence-electron chi connectivity index (χ2n) is 7.07. The van der Waals surface area contributed by atoms with Gasteiger partial charge in [0.05, 0.1) is 27.2 Å². The summed E-state index contributed by atoms with van der Waals surface area (Å²) in [5.41, 5.74) is 5.60. The van der Waals surface area contributed by atoms with Crippen LogP contribution in [-0.4, -0.2) is 25.5 Å². The third-order valence-electron chi connectivity index (χ3n) is 4.92. The molecule has 2 aromatic heterocycles. The number of rotatable bonds is 6. The Morgan fingerprint density at radius 2 is 1.67 bits per heavy atom. The van der Waals surface area contributed by atoms with Gasteiger partial charge in [-0.15, -0.1) is 0 Å². The third kappa shape index (κ3) is 4.21. The number of amides is 1. The molecule has 6 nitrogen and oxygen atoms in total. The topological polar surface area (TPSA) is 64.7 Å². The highest BCUT2D eigenvalue weighted by Crippen LogP contribution is 2.24. The quantitative estimate of drug-likeness (QED) is 0.459. The Hall–Kier alpha value is -3.19. The minimum Gasteiger partial charge on any atom is -0.350 e. The van der Waals surface area contributed by atoms with Crippen molar-refractivity contribution >= 4 is 21.8 Å². The monoisotopic (exact) mass is 463 g/mol. The van der Waals surface area contributed by atoms with Crippen molar-refractivity contribution in [1.82, 2.24) is 24.9 Å². The van der Waals surface area contributed by atoms with Crippen molar-refractivity contribution in [1.29, 1.82) is 0 Å². The van der Waals surface area contributed by atoms with Crippen LogP contribution < -0.4 is 5.32 Å². The summed E-state index contributed by atoms with van der Waals surface area (Å²) in [7, 11) is 0. The molecule has 0 saturated heterocycles. The lowest BCUT2D eigenvalue weighted by Crippen LogP contribution is -2.28. The van der Waals surface area contributed by atoms with E-state index in [0.29, 0.717) is 6.54 Å². The van der Waals surface area contributed by atoms with Gasteiger partial charge < -0.3 is 5.32 Å². The predicted molar refractivity (Wildman–Crippen MR) is 120 cm³/mol. The van der Waals surface area contributed by atoms with Crippen molar-refractivity contribution in [2.75, 3.05) is 0 Å². The number of hydrogen-bond donors (Lipinski definition) is 1. The SMILES string of the molecule is Cc1nn(CC(=O)NCc2cn(-c3ccccc3)nc2-c2ccccc2)c(C)c1Br. The van der Waals surface area contributed by atoms with E-state index in [1.54, 1.807) is 4.68 Å². The van der Waals surface area contributed by atoms with Crippen LogP contribution >= 0.6 is 15.9 Å². The first kappa shape index (κ1) is 20.1. The molecule has 0 aliphatic carbocycles. The van der Waals surface area contributed by atoms with Crippen LogP contribution in [0.5, 0.6) is 0 Å². The zero-order valence-electron chi connectivity index (χ0n) is 16.8. The van der Waals surface area contributed by atoms with Crippen LogP contribution in [0.15, 0.2) is 71.3 Å². The molecule has 0 saturated carbocycles. The first-order valence-electron chi connectivity index (χ1n) is 9.68. The van der Waals surface area contributed by atoms with Crippen LogP contribution in [0.25, 0.3) is 16.9 Å². The molecule has 30 heavy (non-hydrogen) atoms. The van der Waals surface area contributed by atoms with Crippen molar-refractivity contribution < 1.29 is 4.79 Å². The van der Waals surface area contributed by atoms with Gasteiger partial charge in [0.15, 0.2) is 0 Å². The van der Waals surface area contributed by atoms with E-state index in [-0.39, 0.29) is 12.5 Å². The van der Waals surface area contributed by atoms with Gasteiger partial charge in [-0.1, -0.05) is 48.5 Å². The van der Waals surface area contributed by atoms with Crippen LogP contribution in [0.1, 0.15) is 17.0 Å². The van der Waals surface area contributed by atoms with Crippen LogP contribution in [-0.2, 0) is 17.9 Å². The second kappa shape index (κ2) is 8.67. The average molecular weight is 464 g/mol. The maximum Gasteiger partial charge on any atom is 0.242 e. The number of para-hydroxylation sites is 1. The first-order chi connectivity index (χ1) is 14.5. The van der Waals surface area contributed by atoms with E-state index in [0.717, 1.165) is 38.4 Å². The van der Waals surface area contributed by atoms with Gasteiger partial charge in [0.25, 0.3) is 0 Å². The average Bonchev–Trinajstić information content (AvgIpc) is 3.31. The molecule has 1 amide bonds. The molecule has 2 aromatic carbocycles. The number of nitrogens with zero attached hydrogens (tertiary/aromatic N) is 4. The van der Waals surface area contributed by atoms with E-state index in [9.17, 15) is 4.79 Å². The lowest BCUT2D eigenvalue weighted by atomic mass is 10.1. The predicted octanol–water partition coefficient (Wildman–Crippen LogP) is 4.43. The van der Waals surface area contributed by atoms with Crippen molar-refractivity contribution in [2.45, 2.75) is 26.9 Å². The number of nitrogens with one attached hydrogen (secondary N) is 1. The van der Waals surface area contributed by atoms with Gasteiger partial charge >= 0.3 is 0 Å². The largest absolute Gasteiger partial charge is 0.350 e. The Balaban J connectivity index is 1.56. The zero-order valence-corrected chi connectivity index (χ0v) is 18.4. The fraction of sp³-hybridized carbons (Fsp3) is 0.174. The summed E-state index contributed by atoms with van der Waals surface area (Å²) in [6, 6.07) is 19.9. The van der Waals surface area contributed by atoms with Gasteiger partial charge in [-0.3, -0.25) is 9.48 Å². The molecule has 0 aliphatic rings. The van der Waals surface area contributed by atoms with Crippen LogP contribution in [0.2, 0.25) is 0 Å². The third-order valence-corrected chi connectivity index (χ3v) is 6.07. The first-order valence-corrected chi connectivity index (χ1v) is 10.5. The molecule has 2 heterocycles. The second-order valence-corrected chi connectivity index (χ2v) is 7.86. The highest BCUT2D eigenvalue weighted by atomic mass is 79.9. The standard InChI is InChI=1S/C23H22BrN5O/c1-16-22(24)17(2)28(26-16)15-21(30)25-13-19-14-29(20-11-7-4-8-12-20)27-23(19)18-9-5-3-6-10-18/h3-12,14H,13,15H2,1-2H3,(H,25,30). The summed E-state index contributed by atoms with van der Waals surface area (Å²) in [5.74, 6) is -0.0976. The maximum atomic E-state index is 12.6. The van der Waals surface area contributed by atoms with Gasteiger partial charge in [-0.05, 0) is 41.9 Å². The molecular weight excluding hydrogens is 442 g/mol. The Bertz CT molecular complexity index is 1170. The maximum absolute atomic E-state index is 12.6. The van der Waals surface area contributed by atoms with Gasteiger partial charge in [0, 0.05) is 23.9 Å². The van der Waals surface area contributed by atoms with Crippen molar-refractivity contribution in [3.8, 4) is 16.9 Å². The number of carbonyl (C=O) groups excluding carboxylic acids is 1. The fourth-order valence-electron chi connectivity index (χ4n) is 3.31. The molecule has 0 bridgehead atoms. The van der Waals surface area contributed by atoms with Crippen molar-refractivity contribution in [3.63, 3.8) is 0 Å². The summed E-state index contributed by atoms with van der Waals surface area (Å²) in [6.45, 7) is 4.41. The molecule has 4 rings (SSSR count). The van der Waals surface area contributed by atoms with Gasteiger partial charge in [-0.25, -0.2) is 4.68 Å². The number of benzene rings is 2. The Morgan fingerprint density at radius 1 is 1.00 bits per heavy atom. The smallest absolute Gasteiger partial charge is 0.242 e.